The van der Waals surface area contributed by atoms with Crippen molar-refractivity contribution < 1.29 is 19.0 Å². The third-order valence-corrected chi connectivity index (χ3v) is 9.51. The molecular formula is C38H56N2O4S. The normalized spacial score (nSPS) is 16.2. The molecule has 0 radical (unpaired) electrons. The number of aliphatic imine (C=N–C) groups is 2. The van der Waals surface area contributed by atoms with Gasteiger partial charge in [-0.05, 0) is 56.0 Å². The Kier molecular flexibility index (Phi) is 17.2. The van der Waals surface area contributed by atoms with Gasteiger partial charge in [-0.3, -0.25) is 9.79 Å². The lowest BCUT2D eigenvalue weighted by Crippen LogP contribution is -2.33. The first-order chi connectivity index (χ1) is 22.0. The topological polar surface area (TPSA) is 69.5 Å². The van der Waals surface area contributed by atoms with Crippen molar-refractivity contribution in [1.82, 2.24) is 0 Å². The number of unbranched alkanes of at least 4 members (excludes halogenated alkanes) is 12. The minimum Gasteiger partial charge on any atom is -0.497 e. The lowest BCUT2D eigenvalue weighted by molar-refractivity contribution is -0.146. The van der Waals surface area contributed by atoms with Crippen LogP contribution in [-0.2, 0) is 21.7 Å². The number of carbonyl (C=O) groups excluding carboxylic acids is 1. The molecule has 0 N–H and O–H groups in total. The molecule has 0 saturated carbocycles. The molecule has 2 unspecified atom stereocenters. The fourth-order valence-electron chi connectivity index (χ4n) is 6.03. The number of esters is 1. The van der Waals surface area contributed by atoms with Gasteiger partial charge in [0, 0.05) is 17.0 Å². The van der Waals surface area contributed by atoms with Crippen LogP contribution in [0.4, 0.5) is 0 Å². The second-order valence-electron chi connectivity index (χ2n) is 12.0. The standard InChI is InChI=1S/C38H56N2O4S/c1-6-8-9-10-11-12-13-14-15-16-17-18-19-21-31-22-20-23-33(43-5)35(31)36-34(37(41)44-7-2)29(3)39-38(40-36)45-28-30-24-26-32(42-4)27-25-30/h20,22-27,34,36H,6-19,21,28H2,1-5H3. The summed E-state index contributed by atoms with van der Waals surface area (Å²) in [5.41, 5.74) is 4.05. The number of nitrogens with zero attached hydrogens (tertiary/aromatic N) is 2. The summed E-state index contributed by atoms with van der Waals surface area (Å²) in [6, 6.07) is 13.8. The molecule has 0 aromatic heterocycles. The Bertz CT molecular complexity index is 1210. The van der Waals surface area contributed by atoms with Crippen molar-refractivity contribution in [2.75, 3.05) is 20.8 Å². The zero-order valence-corrected chi connectivity index (χ0v) is 29.3. The van der Waals surface area contributed by atoms with Crippen LogP contribution in [0.3, 0.4) is 0 Å². The number of ether oxygens (including phenoxy) is 3. The lowest BCUT2D eigenvalue weighted by Gasteiger charge is -2.29. The highest BCUT2D eigenvalue weighted by molar-refractivity contribution is 8.13. The highest BCUT2D eigenvalue weighted by Gasteiger charge is 2.39. The van der Waals surface area contributed by atoms with Gasteiger partial charge < -0.3 is 14.2 Å². The van der Waals surface area contributed by atoms with E-state index in [4.69, 9.17) is 24.2 Å². The molecule has 7 heteroatoms. The maximum absolute atomic E-state index is 13.3. The maximum Gasteiger partial charge on any atom is 0.317 e. The molecule has 2 aromatic rings. The Hall–Kier alpha value is -2.80. The summed E-state index contributed by atoms with van der Waals surface area (Å²) in [5.74, 6) is 1.44. The predicted molar refractivity (Wildman–Crippen MR) is 190 cm³/mol. The summed E-state index contributed by atoms with van der Waals surface area (Å²) >= 11 is 1.58. The highest BCUT2D eigenvalue weighted by atomic mass is 32.2. The van der Waals surface area contributed by atoms with Crippen LogP contribution in [-0.4, -0.2) is 37.7 Å². The van der Waals surface area contributed by atoms with Crippen LogP contribution in [0, 0.1) is 5.92 Å². The number of amidine groups is 1. The SMILES string of the molecule is CCCCCCCCCCCCCCCc1cccc(OC)c1C1N=C(SCc2ccc(OC)cc2)N=C(C)C1C(=O)OCC. The lowest BCUT2D eigenvalue weighted by atomic mass is 9.85. The molecule has 248 valence electrons. The van der Waals surface area contributed by atoms with Gasteiger partial charge in [0.05, 0.1) is 20.8 Å². The second kappa shape index (κ2) is 21.1. The number of hydrogen-bond acceptors (Lipinski definition) is 7. The van der Waals surface area contributed by atoms with Crippen LogP contribution in [0.25, 0.3) is 0 Å². The van der Waals surface area contributed by atoms with Crippen molar-refractivity contribution in [3.8, 4) is 11.5 Å². The van der Waals surface area contributed by atoms with E-state index in [-0.39, 0.29) is 5.97 Å². The minimum atomic E-state index is -0.586. The Morgan fingerprint density at radius 2 is 1.42 bits per heavy atom. The number of hydrogen-bond donors (Lipinski definition) is 0. The summed E-state index contributed by atoms with van der Waals surface area (Å²) in [4.78, 5) is 23.2. The van der Waals surface area contributed by atoms with E-state index in [0.29, 0.717) is 17.5 Å². The van der Waals surface area contributed by atoms with Crippen molar-refractivity contribution in [1.29, 1.82) is 0 Å². The van der Waals surface area contributed by atoms with Gasteiger partial charge in [0.25, 0.3) is 0 Å². The van der Waals surface area contributed by atoms with Crippen LogP contribution in [0.15, 0.2) is 52.4 Å². The van der Waals surface area contributed by atoms with Gasteiger partial charge >= 0.3 is 5.97 Å². The van der Waals surface area contributed by atoms with Gasteiger partial charge in [-0.2, -0.15) is 0 Å². The smallest absolute Gasteiger partial charge is 0.317 e. The molecule has 45 heavy (non-hydrogen) atoms. The number of aryl methyl sites for hydroxylation is 1. The van der Waals surface area contributed by atoms with Crippen LogP contribution in [0.2, 0.25) is 0 Å². The first-order valence-electron chi connectivity index (χ1n) is 17.2. The maximum atomic E-state index is 13.3. The van der Waals surface area contributed by atoms with Crippen molar-refractivity contribution in [2.24, 2.45) is 15.9 Å². The fourth-order valence-corrected chi connectivity index (χ4v) is 6.91. The quantitative estimate of drug-likeness (QED) is 0.101. The zero-order chi connectivity index (χ0) is 32.3. The van der Waals surface area contributed by atoms with E-state index in [2.05, 4.69) is 25.1 Å². The van der Waals surface area contributed by atoms with Gasteiger partial charge in [-0.25, -0.2) is 4.99 Å². The Morgan fingerprint density at radius 3 is 2.00 bits per heavy atom. The monoisotopic (exact) mass is 636 g/mol. The molecule has 0 bridgehead atoms. The summed E-state index contributed by atoms with van der Waals surface area (Å²) in [6.45, 7) is 6.35. The number of carbonyl (C=O) groups is 1. The van der Waals surface area contributed by atoms with Gasteiger partial charge in [0.2, 0.25) is 0 Å². The predicted octanol–water partition coefficient (Wildman–Crippen LogP) is 10.3. The van der Waals surface area contributed by atoms with Crippen LogP contribution in [0.1, 0.15) is 127 Å². The Balaban J connectivity index is 1.65. The molecule has 0 aliphatic carbocycles. The number of benzene rings is 2. The van der Waals surface area contributed by atoms with E-state index in [0.717, 1.165) is 41.2 Å². The van der Waals surface area contributed by atoms with E-state index in [1.165, 1.54) is 82.6 Å². The summed E-state index contributed by atoms with van der Waals surface area (Å²) in [5, 5.41) is 0.673. The first-order valence-corrected chi connectivity index (χ1v) is 18.2. The van der Waals surface area contributed by atoms with Gasteiger partial charge in [0.15, 0.2) is 5.17 Å². The molecule has 0 saturated heterocycles. The Labute approximate surface area is 276 Å². The van der Waals surface area contributed by atoms with Crippen molar-refractivity contribution in [2.45, 2.75) is 122 Å². The van der Waals surface area contributed by atoms with E-state index < -0.39 is 12.0 Å². The fraction of sp³-hybridized carbons (Fsp3) is 0.605. The highest BCUT2D eigenvalue weighted by Crippen LogP contribution is 2.41. The largest absolute Gasteiger partial charge is 0.497 e. The third-order valence-electron chi connectivity index (χ3n) is 8.58. The van der Waals surface area contributed by atoms with E-state index >= 15 is 0 Å². The van der Waals surface area contributed by atoms with Crippen LogP contribution >= 0.6 is 11.8 Å². The van der Waals surface area contributed by atoms with Gasteiger partial charge in [-0.15, -0.1) is 0 Å². The van der Waals surface area contributed by atoms with Crippen LogP contribution < -0.4 is 9.47 Å². The van der Waals surface area contributed by atoms with E-state index in [1.54, 1.807) is 26.0 Å². The van der Waals surface area contributed by atoms with E-state index in [9.17, 15) is 4.79 Å². The molecule has 0 amide bonds. The molecule has 6 nitrogen and oxygen atoms in total. The zero-order valence-electron chi connectivity index (χ0n) is 28.4. The average Bonchev–Trinajstić information content (AvgIpc) is 3.05. The summed E-state index contributed by atoms with van der Waals surface area (Å²) < 4.78 is 16.7. The van der Waals surface area contributed by atoms with E-state index in [1.807, 2.05) is 38.1 Å². The molecule has 0 fully saturated rings. The summed E-state index contributed by atoms with van der Waals surface area (Å²) in [7, 11) is 3.36. The number of methoxy groups -OCH3 is 2. The molecule has 1 aliphatic rings. The molecular weight excluding hydrogens is 580 g/mol. The van der Waals surface area contributed by atoms with Crippen molar-refractivity contribution >= 4 is 28.6 Å². The van der Waals surface area contributed by atoms with Crippen molar-refractivity contribution in [3.63, 3.8) is 0 Å². The third kappa shape index (κ3) is 12.1. The Morgan fingerprint density at radius 1 is 0.800 bits per heavy atom. The molecule has 1 aliphatic heterocycles. The molecule has 2 aromatic carbocycles. The van der Waals surface area contributed by atoms with Gasteiger partial charge in [-0.1, -0.05) is 120 Å². The number of rotatable bonds is 21. The minimum absolute atomic E-state index is 0.287. The average molecular weight is 637 g/mol. The van der Waals surface area contributed by atoms with Gasteiger partial charge in [0.1, 0.15) is 23.5 Å². The molecule has 2 atom stereocenters. The molecule has 0 spiro atoms. The molecule has 1 heterocycles. The summed E-state index contributed by atoms with van der Waals surface area (Å²) in [6.07, 6.45) is 18.2. The number of thioether (sulfide) groups is 1. The second-order valence-corrected chi connectivity index (χ2v) is 12.9. The van der Waals surface area contributed by atoms with Crippen molar-refractivity contribution in [3.05, 3.63) is 59.2 Å². The van der Waals surface area contributed by atoms with Crippen LogP contribution in [0.5, 0.6) is 11.5 Å². The first kappa shape index (κ1) is 36.7. The molecule has 3 rings (SSSR count).